The Morgan fingerprint density at radius 1 is 1.45 bits per heavy atom. The van der Waals surface area contributed by atoms with Gasteiger partial charge in [0, 0.05) is 24.6 Å². The number of benzene rings is 1. The lowest BCUT2D eigenvalue weighted by molar-refractivity contribution is -0.384. The smallest absolute Gasteiger partial charge is 0.270 e. The molecule has 1 aromatic carbocycles. The van der Waals surface area contributed by atoms with Crippen molar-refractivity contribution in [2.75, 3.05) is 25.6 Å². The standard InChI is InChI=1S/C13H15N3O4/c1-20-8-10(7-17)14-13-5-2-9-6-11(16(18)19)3-4-12(9)15-13/h2-6,10,17H,7-8H2,1H3,(H,14,15). The van der Waals surface area contributed by atoms with Crippen LogP contribution in [0.4, 0.5) is 11.5 Å². The van der Waals surface area contributed by atoms with Crippen LogP contribution in [-0.4, -0.2) is 41.4 Å². The first-order chi connectivity index (χ1) is 9.63. The maximum absolute atomic E-state index is 10.7. The lowest BCUT2D eigenvalue weighted by Crippen LogP contribution is -2.29. The number of rotatable bonds is 6. The number of aliphatic hydroxyl groups excluding tert-OH is 1. The van der Waals surface area contributed by atoms with Crippen LogP contribution in [0.25, 0.3) is 10.9 Å². The van der Waals surface area contributed by atoms with Gasteiger partial charge in [0.05, 0.1) is 29.7 Å². The Bertz CT molecular complexity index is 618. The minimum atomic E-state index is -0.439. The predicted octanol–water partition coefficient (Wildman–Crippen LogP) is 1.56. The van der Waals surface area contributed by atoms with E-state index in [9.17, 15) is 15.2 Å². The third kappa shape index (κ3) is 3.19. The number of nitro groups is 1. The number of non-ortho nitro benzene ring substituents is 1. The van der Waals surface area contributed by atoms with Gasteiger partial charge in [0.2, 0.25) is 0 Å². The van der Waals surface area contributed by atoms with Crippen molar-refractivity contribution in [2.24, 2.45) is 0 Å². The van der Waals surface area contributed by atoms with Crippen molar-refractivity contribution in [3.63, 3.8) is 0 Å². The zero-order chi connectivity index (χ0) is 14.5. The van der Waals surface area contributed by atoms with Crippen LogP contribution in [0.2, 0.25) is 0 Å². The van der Waals surface area contributed by atoms with E-state index in [4.69, 9.17) is 4.74 Å². The summed E-state index contributed by atoms with van der Waals surface area (Å²) in [6, 6.07) is 7.71. The van der Waals surface area contributed by atoms with Gasteiger partial charge in [0.25, 0.3) is 5.69 Å². The van der Waals surface area contributed by atoms with E-state index in [-0.39, 0.29) is 18.3 Å². The summed E-state index contributed by atoms with van der Waals surface area (Å²) in [5.74, 6) is 0.586. The number of aromatic nitrogens is 1. The zero-order valence-electron chi connectivity index (χ0n) is 10.9. The van der Waals surface area contributed by atoms with Crippen molar-refractivity contribution in [3.05, 3.63) is 40.4 Å². The Kier molecular flexibility index (Phi) is 4.44. The van der Waals surface area contributed by atoms with Gasteiger partial charge >= 0.3 is 0 Å². The number of aliphatic hydroxyl groups is 1. The monoisotopic (exact) mass is 277 g/mol. The first kappa shape index (κ1) is 14.2. The molecule has 7 heteroatoms. The van der Waals surface area contributed by atoms with Gasteiger partial charge in [-0.05, 0) is 18.2 Å². The molecule has 0 fully saturated rings. The maximum atomic E-state index is 10.7. The second kappa shape index (κ2) is 6.27. The largest absolute Gasteiger partial charge is 0.394 e. The van der Waals surface area contributed by atoms with Crippen molar-refractivity contribution in [1.82, 2.24) is 4.98 Å². The zero-order valence-corrected chi connectivity index (χ0v) is 10.9. The van der Waals surface area contributed by atoms with Crippen LogP contribution in [0.15, 0.2) is 30.3 Å². The molecule has 1 atom stereocenters. The van der Waals surface area contributed by atoms with E-state index in [2.05, 4.69) is 10.3 Å². The Morgan fingerprint density at radius 2 is 2.25 bits per heavy atom. The Morgan fingerprint density at radius 3 is 2.90 bits per heavy atom. The number of ether oxygens (including phenoxy) is 1. The van der Waals surface area contributed by atoms with E-state index < -0.39 is 4.92 Å². The van der Waals surface area contributed by atoms with Gasteiger partial charge < -0.3 is 15.2 Å². The lowest BCUT2D eigenvalue weighted by atomic mass is 10.2. The van der Waals surface area contributed by atoms with Crippen molar-refractivity contribution in [3.8, 4) is 0 Å². The van der Waals surface area contributed by atoms with Crippen molar-refractivity contribution in [1.29, 1.82) is 0 Å². The molecular weight excluding hydrogens is 262 g/mol. The van der Waals surface area contributed by atoms with Gasteiger partial charge in [0.1, 0.15) is 5.82 Å². The van der Waals surface area contributed by atoms with E-state index in [1.54, 1.807) is 25.3 Å². The molecule has 2 rings (SSSR count). The van der Waals surface area contributed by atoms with E-state index in [1.165, 1.54) is 12.1 Å². The molecule has 1 aromatic heterocycles. The molecule has 20 heavy (non-hydrogen) atoms. The number of pyridine rings is 1. The van der Waals surface area contributed by atoms with E-state index in [0.29, 0.717) is 23.3 Å². The fourth-order valence-electron chi connectivity index (χ4n) is 1.86. The van der Waals surface area contributed by atoms with Crippen molar-refractivity contribution < 1.29 is 14.8 Å². The molecule has 0 spiro atoms. The van der Waals surface area contributed by atoms with Crippen LogP contribution in [0.5, 0.6) is 0 Å². The van der Waals surface area contributed by atoms with Crippen molar-refractivity contribution >= 4 is 22.4 Å². The highest BCUT2D eigenvalue weighted by atomic mass is 16.6. The molecule has 0 radical (unpaired) electrons. The minimum Gasteiger partial charge on any atom is -0.394 e. The molecule has 0 aliphatic rings. The van der Waals surface area contributed by atoms with E-state index in [1.807, 2.05) is 0 Å². The number of anilines is 1. The molecule has 106 valence electrons. The fourth-order valence-corrected chi connectivity index (χ4v) is 1.86. The Hall–Kier alpha value is -2.25. The predicted molar refractivity (Wildman–Crippen MR) is 74.8 cm³/mol. The summed E-state index contributed by atoms with van der Waals surface area (Å²) < 4.78 is 4.97. The number of methoxy groups -OCH3 is 1. The highest BCUT2D eigenvalue weighted by Gasteiger charge is 2.10. The molecule has 7 nitrogen and oxygen atoms in total. The van der Waals surface area contributed by atoms with Crippen LogP contribution < -0.4 is 5.32 Å². The van der Waals surface area contributed by atoms with Crippen LogP contribution in [-0.2, 0) is 4.74 Å². The first-order valence-electron chi connectivity index (χ1n) is 6.05. The molecule has 0 saturated carbocycles. The quantitative estimate of drug-likeness (QED) is 0.614. The Balaban J connectivity index is 2.25. The number of nitrogens with one attached hydrogen (secondary N) is 1. The third-order valence-corrected chi connectivity index (χ3v) is 2.82. The average Bonchev–Trinajstić information content (AvgIpc) is 2.46. The van der Waals surface area contributed by atoms with Crippen LogP contribution in [0.1, 0.15) is 0 Å². The molecule has 0 aliphatic heterocycles. The van der Waals surface area contributed by atoms with Crippen molar-refractivity contribution in [2.45, 2.75) is 6.04 Å². The van der Waals surface area contributed by atoms with Crippen LogP contribution in [0, 0.1) is 10.1 Å². The van der Waals surface area contributed by atoms with E-state index >= 15 is 0 Å². The van der Waals surface area contributed by atoms with Gasteiger partial charge in [-0.1, -0.05) is 0 Å². The van der Waals surface area contributed by atoms with Crippen LogP contribution >= 0.6 is 0 Å². The number of nitro benzene ring substituents is 1. The lowest BCUT2D eigenvalue weighted by Gasteiger charge is -2.15. The maximum Gasteiger partial charge on any atom is 0.270 e. The molecule has 0 amide bonds. The molecule has 1 heterocycles. The second-order valence-corrected chi connectivity index (χ2v) is 4.31. The van der Waals surface area contributed by atoms with Gasteiger partial charge in [-0.25, -0.2) is 4.98 Å². The molecule has 2 N–H and O–H groups in total. The third-order valence-electron chi connectivity index (χ3n) is 2.82. The van der Waals surface area contributed by atoms with Gasteiger partial charge in [-0.15, -0.1) is 0 Å². The normalized spacial score (nSPS) is 12.3. The number of nitrogens with zero attached hydrogens (tertiary/aromatic N) is 2. The summed E-state index contributed by atoms with van der Waals surface area (Å²) in [5, 5.41) is 23.6. The minimum absolute atomic E-state index is 0.0348. The molecule has 1 unspecified atom stereocenters. The molecular formula is C13H15N3O4. The summed E-state index contributed by atoms with van der Waals surface area (Å²) in [7, 11) is 1.55. The molecule has 0 saturated heterocycles. The first-order valence-corrected chi connectivity index (χ1v) is 6.05. The fraction of sp³-hybridized carbons (Fsp3) is 0.308. The number of hydrogen-bond acceptors (Lipinski definition) is 6. The van der Waals surface area contributed by atoms with Gasteiger partial charge in [-0.3, -0.25) is 10.1 Å². The molecule has 2 aromatic rings. The Labute approximate surface area is 115 Å². The highest BCUT2D eigenvalue weighted by Crippen LogP contribution is 2.21. The molecule has 0 bridgehead atoms. The van der Waals surface area contributed by atoms with Gasteiger partial charge in [-0.2, -0.15) is 0 Å². The summed E-state index contributed by atoms with van der Waals surface area (Å²) >= 11 is 0. The summed E-state index contributed by atoms with van der Waals surface area (Å²) in [6.07, 6.45) is 0. The molecule has 0 aliphatic carbocycles. The van der Waals surface area contributed by atoms with Crippen LogP contribution in [0.3, 0.4) is 0 Å². The summed E-state index contributed by atoms with van der Waals surface area (Å²) in [6.45, 7) is 0.282. The van der Waals surface area contributed by atoms with Gasteiger partial charge in [0.15, 0.2) is 0 Å². The highest BCUT2D eigenvalue weighted by molar-refractivity contribution is 5.82. The average molecular weight is 277 g/mol. The number of hydrogen-bond donors (Lipinski definition) is 2. The SMILES string of the molecule is COCC(CO)Nc1ccc2cc([N+](=O)[O-])ccc2n1. The number of fused-ring (bicyclic) bond motifs is 1. The topological polar surface area (TPSA) is 97.5 Å². The summed E-state index contributed by atoms with van der Waals surface area (Å²) in [5.41, 5.74) is 0.683. The van der Waals surface area contributed by atoms with E-state index in [0.717, 1.165) is 0 Å². The second-order valence-electron chi connectivity index (χ2n) is 4.31. The summed E-state index contributed by atoms with van der Waals surface area (Å²) in [4.78, 5) is 14.6.